The van der Waals surface area contributed by atoms with E-state index >= 15 is 0 Å². The summed E-state index contributed by atoms with van der Waals surface area (Å²) in [7, 11) is -1.49. The van der Waals surface area contributed by atoms with Gasteiger partial charge in [-0.15, -0.1) is 22.7 Å². The monoisotopic (exact) mass is 720 g/mol. The van der Waals surface area contributed by atoms with Crippen molar-refractivity contribution in [1.82, 2.24) is 20.3 Å². The number of hydrogen-bond acceptors (Lipinski definition) is 9. The van der Waals surface area contributed by atoms with E-state index in [4.69, 9.17) is 15.0 Å². The molecule has 6 rings (SSSR count). The molecule has 1 atom stereocenters. The molecular weight excluding hydrogens is 679 g/mol. The molecule has 12 heteroatoms. The molecule has 262 valence electrons. The van der Waals surface area contributed by atoms with Crippen molar-refractivity contribution < 1.29 is 24.4 Å². The third kappa shape index (κ3) is 10.2. The lowest BCUT2D eigenvalue weighted by Gasteiger charge is -2.27. The molecule has 0 aliphatic heterocycles. The number of thiophene rings is 2. The molecule has 4 aromatic heterocycles. The molecule has 1 amide bonds. The van der Waals surface area contributed by atoms with Gasteiger partial charge in [0, 0.05) is 29.9 Å². The number of fused-ring (bicyclic) bond motifs is 1. The summed E-state index contributed by atoms with van der Waals surface area (Å²) in [4.78, 5) is 51.8. The van der Waals surface area contributed by atoms with E-state index in [1.807, 2.05) is 79.7 Å². The maximum absolute atomic E-state index is 12.9. The van der Waals surface area contributed by atoms with Crippen molar-refractivity contribution in [2.45, 2.75) is 59.4 Å². The number of nitrogens with zero attached hydrogens (tertiary/aromatic N) is 2. The lowest BCUT2D eigenvalue weighted by molar-refractivity contribution is 0.0910. The topological polar surface area (TPSA) is 145 Å². The molecule has 6 aromatic rings. The van der Waals surface area contributed by atoms with Gasteiger partial charge in [-0.25, -0.2) is 9.97 Å². The molecule has 0 radical (unpaired) electrons. The Morgan fingerprint density at radius 3 is 1.94 bits per heavy atom. The largest absolute Gasteiger partial charge is 0.499 e. The molecule has 0 aliphatic carbocycles. The zero-order chi connectivity index (χ0) is 36.5. The fourth-order valence-electron chi connectivity index (χ4n) is 4.99. The van der Waals surface area contributed by atoms with Crippen molar-refractivity contribution in [3.63, 3.8) is 0 Å². The van der Waals surface area contributed by atoms with Crippen LogP contribution >= 0.6 is 22.7 Å². The van der Waals surface area contributed by atoms with Crippen LogP contribution in [0.15, 0.2) is 97.3 Å². The second kappa shape index (κ2) is 17.0. The normalized spacial score (nSPS) is 11.8. The first kappa shape index (κ1) is 37.5. The van der Waals surface area contributed by atoms with Crippen LogP contribution in [-0.4, -0.2) is 55.6 Å². The van der Waals surface area contributed by atoms with Gasteiger partial charge in [-0.1, -0.05) is 87.5 Å². The van der Waals surface area contributed by atoms with Crippen LogP contribution in [0.25, 0.3) is 21.7 Å². The summed E-state index contributed by atoms with van der Waals surface area (Å²) >= 11 is 2.54. The molecule has 0 unspecified atom stereocenters. The Morgan fingerprint density at radius 2 is 1.39 bits per heavy atom. The molecular formula is C39H41BN4O5S2. The Bertz CT molecular complexity index is 2080. The SMILES string of the molecule is C[C@H](NC(=O)c1c[nH]c2ncc(-c3ccc(C(=O)CCc4ccccc4)s3)nc12)C(C)(C)C.O=C(CCc1ccccc1)c1ccc(B(O)O)s1. The third-order valence-corrected chi connectivity index (χ3v) is 10.8. The standard InChI is InChI=1S/C26H28N4O2S.C13H13BO3S/c1-16(26(2,3)4)29-25(32)18-14-27-24-23(18)30-19(15-28-24)21-12-13-22(33-21)20(31)11-10-17-8-6-5-7-9-17;15-11(7-6-10-4-2-1-3-5-10)12-8-9-13(18-12)14(16)17/h5-9,12-16H,10-11H2,1-4H3,(H,27,28)(H,29,32);1-5,8-9,16-17H,6-7H2/t16-;/m0./s1. The highest BCUT2D eigenvalue weighted by molar-refractivity contribution is 7.23. The zero-order valence-corrected chi connectivity index (χ0v) is 30.7. The van der Waals surface area contributed by atoms with Gasteiger partial charge >= 0.3 is 7.12 Å². The number of aromatic amines is 1. The van der Waals surface area contributed by atoms with Crippen molar-refractivity contribution in [3.8, 4) is 10.6 Å². The minimum absolute atomic E-state index is 0.00663. The predicted molar refractivity (Wildman–Crippen MR) is 206 cm³/mol. The number of aromatic nitrogens is 3. The minimum atomic E-state index is -1.49. The molecule has 0 fully saturated rings. The van der Waals surface area contributed by atoms with E-state index in [2.05, 4.69) is 36.1 Å². The Hall–Kier alpha value is -4.75. The van der Waals surface area contributed by atoms with Crippen molar-refractivity contribution in [3.05, 3.63) is 124 Å². The molecule has 0 aliphatic rings. The van der Waals surface area contributed by atoms with Gasteiger partial charge in [0.05, 0.1) is 32.1 Å². The Labute approximate surface area is 306 Å². The van der Waals surface area contributed by atoms with Crippen LogP contribution in [0.4, 0.5) is 0 Å². The molecule has 0 bridgehead atoms. The van der Waals surface area contributed by atoms with Crippen LogP contribution < -0.4 is 10.1 Å². The molecule has 4 N–H and O–H groups in total. The summed E-state index contributed by atoms with van der Waals surface area (Å²) in [6.45, 7) is 8.24. The lowest BCUT2D eigenvalue weighted by Crippen LogP contribution is -2.41. The van der Waals surface area contributed by atoms with Crippen molar-refractivity contribution in [2.24, 2.45) is 5.41 Å². The molecule has 51 heavy (non-hydrogen) atoms. The number of carbonyl (C=O) groups excluding carboxylic acids is 3. The third-order valence-electron chi connectivity index (χ3n) is 8.53. The Kier molecular flexibility index (Phi) is 12.5. The first-order valence-corrected chi connectivity index (χ1v) is 18.4. The second-order valence-corrected chi connectivity index (χ2v) is 15.5. The summed E-state index contributed by atoms with van der Waals surface area (Å²) in [5.41, 5.74) is 4.42. The van der Waals surface area contributed by atoms with E-state index in [1.165, 1.54) is 11.3 Å². The van der Waals surface area contributed by atoms with E-state index in [-0.39, 0.29) is 28.9 Å². The number of Topliss-reactive ketones (excluding diaryl/α,β-unsaturated/α-hetero) is 2. The minimum Gasteiger partial charge on any atom is -0.423 e. The molecule has 0 saturated heterocycles. The van der Waals surface area contributed by atoms with Crippen LogP contribution in [0.1, 0.15) is 81.4 Å². The fraction of sp³-hybridized carbons (Fsp3) is 0.256. The molecule has 0 saturated carbocycles. The van der Waals surface area contributed by atoms with Crippen LogP contribution in [-0.2, 0) is 12.8 Å². The Morgan fingerprint density at radius 1 is 0.824 bits per heavy atom. The highest BCUT2D eigenvalue weighted by Crippen LogP contribution is 2.29. The molecule has 9 nitrogen and oxygen atoms in total. The number of H-pyrrole nitrogens is 1. The van der Waals surface area contributed by atoms with Crippen molar-refractivity contribution in [1.29, 1.82) is 0 Å². The Balaban J connectivity index is 0.000000236. The van der Waals surface area contributed by atoms with E-state index in [9.17, 15) is 14.4 Å². The fourth-order valence-corrected chi connectivity index (χ4v) is 6.77. The quantitative estimate of drug-likeness (QED) is 0.0795. The number of rotatable bonds is 12. The van der Waals surface area contributed by atoms with Crippen LogP contribution in [0.2, 0.25) is 0 Å². The van der Waals surface area contributed by atoms with Crippen LogP contribution in [0.3, 0.4) is 0 Å². The molecule has 0 spiro atoms. The van der Waals surface area contributed by atoms with E-state index in [0.29, 0.717) is 62.6 Å². The summed E-state index contributed by atoms with van der Waals surface area (Å²) in [6, 6.07) is 26.8. The first-order valence-electron chi connectivity index (χ1n) is 16.7. The second-order valence-electron chi connectivity index (χ2n) is 13.3. The number of ketones is 2. The van der Waals surface area contributed by atoms with Gasteiger partial charge in [0.1, 0.15) is 5.52 Å². The number of amides is 1. The van der Waals surface area contributed by atoms with Crippen molar-refractivity contribution in [2.75, 3.05) is 0 Å². The highest BCUT2D eigenvalue weighted by atomic mass is 32.1. The highest BCUT2D eigenvalue weighted by Gasteiger charge is 2.24. The summed E-state index contributed by atoms with van der Waals surface area (Å²) in [5.74, 6) is -0.0316. The average Bonchev–Trinajstić information content (AvgIpc) is 3.91. The number of nitrogens with one attached hydrogen (secondary N) is 2. The van der Waals surface area contributed by atoms with Gasteiger partial charge in [-0.3, -0.25) is 14.4 Å². The van der Waals surface area contributed by atoms with Gasteiger partial charge in [0.15, 0.2) is 17.2 Å². The summed E-state index contributed by atoms with van der Waals surface area (Å²) < 4.78 is 0.401. The van der Waals surface area contributed by atoms with Gasteiger partial charge in [-0.2, -0.15) is 0 Å². The predicted octanol–water partition coefficient (Wildman–Crippen LogP) is 6.91. The van der Waals surface area contributed by atoms with E-state index in [0.717, 1.165) is 27.3 Å². The number of aryl methyl sites for hydroxylation is 2. The van der Waals surface area contributed by atoms with Crippen molar-refractivity contribution >= 4 is 63.2 Å². The van der Waals surface area contributed by atoms with E-state index < -0.39 is 7.12 Å². The van der Waals surface area contributed by atoms with Gasteiger partial charge in [-0.05, 0) is 54.5 Å². The summed E-state index contributed by atoms with van der Waals surface area (Å²) in [5, 5.41) is 21.0. The van der Waals surface area contributed by atoms with Crippen LogP contribution in [0.5, 0.6) is 0 Å². The number of benzene rings is 2. The summed E-state index contributed by atoms with van der Waals surface area (Å²) in [6.07, 6.45) is 5.63. The number of carbonyl (C=O) groups is 3. The van der Waals surface area contributed by atoms with E-state index in [1.54, 1.807) is 24.5 Å². The zero-order valence-electron chi connectivity index (χ0n) is 29.1. The van der Waals surface area contributed by atoms with Gasteiger partial charge < -0.3 is 20.3 Å². The van der Waals surface area contributed by atoms with Gasteiger partial charge in [0.25, 0.3) is 5.91 Å². The number of hydrogen-bond donors (Lipinski definition) is 4. The molecule has 4 heterocycles. The van der Waals surface area contributed by atoms with Gasteiger partial charge in [0.2, 0.25) is 0 Å². The lowest BCUT2D eigenvalue weighted by atomic mass is 9.88. The average molecular weight is 721 g/mol. The van der Waals surface area contributed by atoms with Crippen LogP contribution in [0, 0.1) is 5.41 Å². The maximum atomic E-state index is 12.9. The smallest absolute Gasteiger partial charge is 0.423 e. The first-order chi connectivity index (χ1) is 24.4. The molecule has 2 aromatic carbocycles. The maximum Gasteiger partial charge on any atom is 0.499 e.